The number of nitrogens with zero attached hydrogens (tertiary/aromatic N) is 1. The van der Waals surface area contributed by atoms with Crippen molar-refractivity contribution in [1.29, 1.82) is 0 Å². The topological polar surface area (TPSA) is 48.1 Å². The van der Waals surface area contributed by atoms with Crippen molar-refractivity contribution in [2.75, 3.05) is 12.3 Å². The van der Waals surface area contributed by atoms with Crippen molar-refractivity contribution < 1.29 is 4.74 Å². The van der Waals surface area contributed by atoms with Gasteiger partial charge in [0, 0.05) is 11.8 Å². The molecule has 2 N–H and O–H groups in total. The fraction of sp³-hybridized carbons (Fsp3) is 0.154. The summed E-state index contributed by atoms with van der Waals surface area (Å²) in [6, 6.07) is 11.4. The molecule has 0 bridgehead atoms. The summed E-state index contributed by atoms with van der Waals surface area (Å²) in [6.45, 7) is 2.61. The maximum absolute atomic E-state index is 5.87. The second kappa shape index (κ2) is 4.66. The van der Waals surface area contributed by atoms with E-state index >= 15 is 0 Å². The molecule has 0 aliphatic rings. The number of hydrogen-bond donors (Lipinski definition) is 1. The van der Waals surface area contributed by atoms with Gasteiger partial charge in [0.1, 0.15) is 5.75 Å². The Balaban J connectivity index is 2.40. The largest absolute Gasteiger partial charge is 0.494 e. The monoisotopic (exact) mass is 214 g/mol. The normalized spacial score (nSPS) is 10.1. The summed E-state index contributed by atoms with van der Waals surface area (Å²) in [7, 11) is 0. The van der Waals surface area contributed by atoms with Gasteiger partial charge >= 0.3 is 0 Å². The molecule has 0 unspecified atom stereocenters. The maximum atomic E-state index is 5.87. The summed E-state index contributed by atoms with van der Waals surface area (Å²) in [5.41, 5.74) is 8.32. The van der Waals surface area contributed by atoms with Gasteiger partial charge in [0.25, 0.3) is 0 Å². The summed E-state index contributed by atoms with van der Waals surface area (Å²) in [6.07, 6.45) is 1.74. The van der Waals surface area contributed by atoms with Gasteiger partial charge in [-0.3, -0.25) is 4.98 Å². The molecule has 0 atom stereocenters. The molecule has 2 rings (SSSR count). The van der Waals surface area contributed by atoms with Gasteiger partial charge < -0.3 is 10.5 Å². The average Bonchev–Trinajstić information content (AvgIpc) is 2.30. The van der Waals surface area contributed by atoms with Gasteiger partial charge in [0.2, 0.25) is 0 Å². The molecule has 0 radical (unpaired) electrons. The summed E-state index contributed by atoms with van der Waals surface area (Å²) in [4.78, 5) is 4.27. The number of rotatable bonds is 3. The minimum atomic E-state index is 0.654. The number of nitrogens with two attached hydrogens (primary N) is 1. The number of nitrogen functional groups attached to an aromatic ring is 1. The fourth-order valence-corrected chi connectivity index (χ4v) is 1.56. The third kappa shape index (κ3) is 2.14. The van der Waals surface area contributed by atoms with Crippen LogP contribution >= 0.6 is 0 Å². The van der Waals surface area contributed by atoms with Gasteiger partial charge in [-0.05, 0) is 31.2 Å². The lowest BCUT2D eigenvalue weighted by molar-refractivity contribution is 0.340. The zero-order valence-corrected chi connectivity index (χ0v) is 9.18. The van der Waals surface area contributed by atoms with E-state index < -0.39 is 0 Å². The minimum Gasteiger partial charge on any atom is -0.494 e. The Morgan fingerprint density at radius 1 is 1.25 bits per heavy atom. The molecule has 3 nitrogen and oxygen atoms in total. The van der Waals surface area contributed by atoms with Crippen LogP contribution in [0.15, 0.2) is 42.6 Å². The van der Waals surface area contributed by atoms with E-state index in [1.165, 1.54) is 0 Å². The molecule has 0 saturated carbocycles. The van der Waals surface area contributed by atoms with Crippen molar-refractivity contribution in [2.24, 2.45) is 0 Å². The number of benzene rings is 1. The van der Waals surface area contributed by atoms with E-state index in [1.54, 1.807) is 6.20 Å². The highest BCUT2D eigenvalue weighted by Crippen LogP contribution is 2.26. The van der Waals surface area contributed by atoms with Gasteiger partial charge in [-0.2, -0.15) is 0 Å². The maximum Gasteiger partial charge on any atom is 0.119 e. The molecule has 0 amide bonds. The van der Waals surface area contributed by atoms with Crippen molar-refractivity contribution in [2.45, 2.75) is 6.92 Å². The Labute approximate surface area is 94.9 Å². The SMILES string of the molecule is CCOc1cccc(-c2ncccc2N)c1. The summed E-state index contributed by atoms with van der Waals surface area (Å²) in [5.74, 6) is 0.838. The smallest absolute Gasteiger partial charge is 0.119 e. The highest BCUT2D eigenvalue weighted by atomic mass is 16.5. The van der Waals surface area contributed by atoms with Crippen LogP contribution in [0.2, 0.25) is 0 Å². The molecule has 0 aliphatic carbocycles. The molecule has 0 fully saturated rings. The second-order valence-corrected chi connectivity index (χ2v) is 3.40. The van der Waals surface area contributed by atoms with Gasteiger partial charge in [-0.25, -0.2) is 0 Å². The van der Waals surface area contributed by atoms with Crippen molar-refractivity contribution in [3.63, 3.8) is 0 Å². The number of ether oxygens (including phenoxy) is 1. The van der Waals surface area contributed by atoms with Gasteiger partial charge in [-0.15, -0.1) is 0 Å². The van der Waals surface area contributed by atoms with Gasteiger partial charge in [-0.1, -0.05) is 12.1 Å². The quantitative estimate of drug-likeness (QED) is 0.854. The van der Waals surface area contributed by atoms with Gasteiger partial charge in [0.05, 0.1) is 18.0 Å². The lowest BCUT2D eigenvalue weighted by Gasteiger charge is -2.07. The van der Waals surface area contributed by atoms with Crippen LogP contribution in [0.4, 0.5) is 5.69 Å². The van der Waals surface area contributed by atoms with Crippen LogP contribution in [0.25, 0.3) is 11.3 Å². The highest BCUT2D eigenvalue weighted by molar-refractivity contribution is 5.72. The highest BCUT2D eigenvalue weighted by Gasteiger charge is 2.04. The Bertz CT molecular complexity index is 483. The van der Waals surface area contributed by atoms with Crippen LogP contribution in [-0.4, -0.2) is 11.6 Å². The molecular formula is C13H14N2O. The second-order valence-electron chi connectivity index (χ2n) is 3.40. The van der Waals surface area contributed by atoms with Crippen LogP contribution in [0.5, 0.6) is 5.75 Å². The third-order valence-corrected chi connectivity index (χ3v) is 2.26. The minimum absolute atomic E-state index is 0.654. The molecule has 0 aliphatic heterocycles. The Hall–Kier alpha value is -2.03. The zero-order chi connectivity index (χ0) is 11.4. The van der Waals surface area contributed by atoms with E-state index in [-0.39, 0.29) is 0 Å². The Kier molecular flexibility index (Phi) is 3.05. The summed E-state index contributed by atoms with van der Waals surface area (Å²) < 4.78 is 5.44. The van der Waals surface area contributed by atoms with Crippen molar-refractivity contribution >= 4 is 5.69 Å². The van der Waals surface area contributed by atoms with E-state index in [0.29, 0.717) is 12.3 Å². The zero-order valence-electron chi connectivity index (χ0n) is 9.18. The van der Waals surface area contributed by atoms with Crippen LogP contribution in [0.3, 0.4) is 0 Å². The fourth-order valence-electron chi connectivity index (χ4n) is 1.56. The molecule has 1 heterocycles. The molecule has 3 heteroatoms. The van der Waals surface area contributed by atoms with Crippen LogP contribution in [0, 0.1) is 0 Å². The standard InChI is InChI=1S/C13H14N2O/c1-2-16-11-6-3-5-10(9-11)13-12(14)7-4-8-15-13/h3-9H,2,14H2,1H3. The molecule has 16 heavy (non-hydrogen) atoms. The van der Waals surface area contributed by atoms with Crippen LogP contribution in [-0.2, 0) is 0 Å². The number of aromatic nitrogens is 1. The predicted octanol–water partition coefficient (Wildman–Crippen LogP) is 2.73. The van der Waals surface area contributed by atoms with Crippen LogP contribution in [0.1, 0.15) is 6.92 Å². The first-order valence-corrected chi connectivity index (χ1v) is 5.25. The molecule has 0 spiro atoms. The number of hydrogen-bond acceptors (Lipinski definition) is 3. The van der Waals surface area contributed by atoms with E-state index in [2.05, 4.69) is 4.98 Å². The molecule has 82 valence electrons. The van der Waals surface area contributed by atoms with E-state index in [4.69, 9.17) is 10.5 Å². The van der Waals surface area contributed by atoms with Crippen molar-refractivity contribution in [3.05, 3.63) is 42.6 Å². The molecule has 2 aromatic rings. The number of pyridine rings is 1. The molecule has 0 saturated heterocycles. The predicted molar refractivity (Wildman–Crippen MR) is 65.3 cm³/mol. The Morgan fingerprint density at radius 3 is 2.88 bits per heavy atom. The molecular weight excluding hydrogens is 200 g/mol. The lowest BCUT2D eigenvalue weighted by Crippen LogP contribution is -1.94. The summed E-state index contributed by atoms with van der Waals surface area (Å²) in [5, 5.41) is 0. The molecule has 1 aromatic heterocycles. The lowest BCUT2D eigenvalue weighted by atomic mass is 10.1. The average molecular weight is 214 g/mol. The Morgan fingerprint density at radius 2 is 2.12 bits per heavy atom. The van der Waals surface area contributed by atoms with Crippen LogP contribution < -0.4 is 10.5 Å². The van der Waals surface area contributed by atoms with Crippen molar-refractivity contribution in [3.8, 4) is 17.0 Å². The van der Waals surface area contributed by atoms with Crippen molar-refractivity contribution in [1.82, 2.24) is 4.98 Å². The first kappa shape index (κ1) is 10.5. The summed E-state index contributed by atoms with van der Waals surface area (Å²) >= 11 is 0. The first-order chi connectivity index (χ1) is 7.81. The van der Waals surface area contributed by atoms with Gasteiger partial charge in [0.15, 0.2) is 0 Å². The van der Waals surface area contributed by atoms with E-state index in [1.807, 2.05) is 43.3 Å². The first-order valence-electron chi connectivity index (χ1n) is 5.25. The third-order valence-electron chi connectivity index (χ3n) is 2.26. The molecule has 1 aromatic carbocycles. The van der Waals surface area contributed by atoms with E-state index in [9.17, 15) is 0 Å². The van der Waals surface area contributed by atoms with E-state index in [0.717, 1.165) is 17.0 Å². The number of anilines is 1.